The number of nitrogens with two attached hydrogens (primary N) is 1. The van der Waals surface area contributed by atoms with Gasteiger partial charge in [-0.1, -0.05) is 23.4 Å². The Bertz CT molecular complexity index is 1190. The molecular formula is C22H22N6OS. The van der Waals surface area contributed by atoms with Crippen LogP contribution in [0.1, 0.15) is 35.3 Å². The first kappa shape index (κ1) is 19.9. The molecule has 0 saturated carbocycles. The fourth-order valence-electron chi connectivity index (χ4n) is 3.04. The number of aromatic nitrogens is 4. The van der Waals surface area contributed by atoms with E-state index in [9.17, 15) is 4.79 Å². The topological polar surface area (TPSA) is 98.7 Å². The molecule has 0 fully saturated rings. The first-order valence-electron chi connectivity index (χ1n) is 9.44. The van der Waals surface area contributed by atoms with Gasteiger partial charge in [0.2, 0.25) is 0 Å². The molecule has 2 aromatic carbocycles. The van der Waals surface area contributed by atoms with Crippen LogP contribution in [0, 0.1) is 6.92 Å². The second-order valence-corrected chi connectivity index (χ2v) is 8.56. The Kier molecular flexibility index (Phi) is 5.19. The summed E-state index contributed by atoms with van der Waals surface area (Å²) in [6.45, 7) is 5.83. The number of nitrogens with one attached hydrogen (secondary N) is 1. The lowest BCUT2D eigenvalue weighted by Crippen LogP contribution is -2.28. The smallest absolute Gasteiger partial charge is 0.255 e. The van der Waals surface area contributed by atoms with Gasteiger partial charge in [-0.2, -0.15) is 0 Å². The SMILES string of the molecule is Cc1ccc(C(=O)Nc2cccc(C(C)(C)N)c2)cc1-n1cc(-c2cncs2)nn1. The summed E-state index contributed by atoms with van der Waals surface area (Å²) in [7, 11) is 0. The summed E-state index contributed by atoms with van der Waals surface area (Å²) in [6, 6.07) is 13.1. The molecule has 8 heteroatoms. The molecule has 0 aliphatic heterocycles. The Morgan fingerprint density at radius 1 is 1.20 bits per heavy atom. The number of anilines is 1. The standard InChI is InChI=1S/C22H22N6OS/c1-14-7-8-15(21(29)25-17-6-4-5-16(10-17)22(2,3)23)9-19(14)28-12-18(26-27-28)20-11-24-13-30-20/h4-13H,23H2,1-3H3,(H,25,29). The van der Waals surface area contributed by atoms with E-state index in [0.29, 0.717) is 11.3 Å². The number of carbonyl (C=O) groups excluding carboxylic acids is 1. The minimum Gasteiger partial charge on any atom is -0.322 e. The average molecular weight is 419 g/mol. The van der Waals surface area contributed by atoms with Gasteiger partial charge in [-0.05, 0) is 56.2 Å². The zero-order valence-corrected chi connectivity index (χ0v) is 17.8. The maximum absolute atomic E-state index is 12.9. The van der Waals surface area contributed by atoms with Gasteiger partial charge in [-0.15, -0.1) is 16.4 Å². The van der Waals surface area contributed by atoms with Gasteiger partial charge in [0, 0.05) is 23.0 Å². The summed E-state index contributed by atoms with van der Waals surface area (Å²) in [5.74, 6) is -0.203. The molecule has 0 saturated heterocycles. The van der Waals surface area contributed by atoms with Crippen molar-refractivity contribution in [2.45, 2.75) is 26.3 Å². The minimum atomic E-state index is -0.485. The number of rotatable bonds is 5. The highest BCUT2D eigenvalue weighted by molar-refractivity contribution is 7.13. The lowest BCUT2D eigenvalue weighted by Gasteiger charge is -2.20. The molecule has 0 spiro atoms. The van der Waals surface area contributed by atoms with E-state index in [1.807, 2.05) is 63.4 Å². The van der Waals surface area contributed by atoms with E-state index >= 15 is 0 Å². The van der Waals surface area contributed by atoms with Gasteiger partial charge in [0.1, 0.15) is 5.69 Å². The van der Waals surface area contributed by atoms with Crippen molar-refractivity contribution < 1.29 is 4.79 Å². The number of amides is 1. The van der Waals surface area contributed by atoms with Crippen molar-refractivity contribution in [2.75, 3.05) is 5.32 Å². The van der Waals surface area contributed by atoms with E-state index in [1.165, 1.54) is 11.3 Å². The summed E-state index contributed by atoms with van der Waals surface area (Å²) < 4.78 is 1.68. The van der Waals surface area contributed by atoms with Crippen LogP contribution in [0.3, 0.4) is 0 Å². The summed E-state index contributed by atoms with van der Waals surface area (Å²) >= 11 is 1.50. The predicted molar refractivity (Wildman–Crippen MR) is 119 cm³/mol. The van der Waals surface area contributed by atoms with Crippen molar-refractivity contribution in [3.63, 3.8) is 0 Å². The van der Waals surface area contributed by atoms with Crippen molar-refractivity contribution in [1.29, 1.82) is 0 Å². The van der Waals surface area contributed by atoms with Gasteiger partial charge in [-0.3, -0.25) is 9.78 Å². The van der Waals surface area contributed by atoms with Crippen LogP contribution in [-0.2, 0) is 5.54 Å². The molecule has 0 aliphatic rings. The van der Waals surface area contributed by atoms with Gasteiger partial charge in [0.25, 0.3) is 5.91 Å². The number of benzene rings is 2. The quantitative estimate of drug-likeness (QED) is 0.507. The van der Waals surface area contributed by atoms with Crippen LogP contribution in [0.25, 0.3) is 16.3 Å². The maximum atomic E-state index is 12.9. The van der Waals surface area contributed by atoms with E-state index in [4.69, 9.17) is 5.73 Å². The van der Waals surface area contributed by atoms with Gasteiger partial charge in [0.05, 0.1) is 22.3 Å². The number of carbonyl (C=O) groups is 1. The summed E-state index contributed by atoms with van der Waals surface area (Å²) in [5, 5.41) is 11.4. The fraction of sp³-hybridized carbons (Fsp3) is 0.182. The normalized spacial score (nSPS) is 11.5. The van der Waals surface area contributed by atoms with Crippen molar-refractivity contribution in [2.24, 2.45) is 5.73 Å². The molecule has 0 atom stereocenters. The maximum Gasteiger partial charge on any atom is 0.255 e. The fourth-order valence-corrected chi connectivity index (χ4v) is 3.61. The first-order chi connectivity index (χ1) is 14.3. The van der Waals surface area contributed by atoms with Gasteiger partial charge < -0.3 is 11.1 Å². The number of hydrogen-bond donors (Lipinski definition) is 2. The van der Waals surface area contributed by atoms with E-state index in [1.54, 1.807) is 22.5 Å². The van der Waals surface area contributed by atoms with Gasteiger partial charge >= 0.3 is 0 Å². The molecule has 4 aromatic rings. The average Bonchev–Trinajstić information content (AvgIpc) is 3.40. The van der Waals surface area contributed by atoms with E-state index < -0.39 is 5.54 Å². The number of thiazole rings is 1. The molecule has 30 heavy (non-hydrogen) atoms. The Labute approximate surface area is 178 Å². The Hall–Kier alpha value is -3.36. The van der Waals surface area contributed by atoms with Crippen LogP contribution in [0.2, 0.25) is 0 Å². The number of hydrogen-bond acceptors (Lipinski definition) is 6. The lowest BCUT2D eigenvalue weighted by atomic mass is 9.95. The molecule has 0 bridgehead atoms. The Morgan fingerprint density at radius 2 is 2.03 bits per heavy atom. The van der Waals surface area contributed by atoms with Crippen molar-refractivity contribution >= 4 is 22.9 Å². The van der Waals surface area contributed by atoms with Crippen molar-refractivity contribution in [3.05, 3.63) is 77.1 Å². The second-order valence-electron chi connectivity index (χ2n) is 7.67. The number of aryl methyl sites for hydroxylation is 1. The molecule has 2 aromatic heterocycles. The Balaban J connectivity index is 1.60. The third-order valence-corrected chi connectivity index (χ3v) is 5.56. The van der Waals surface area contributed by atoms with E-state index in [0.717, 1.165) is 27.4 Å². The molecule has 1 amide bonds. The van der Waals surface area contributed by atoms with Gasteiger partial charge in [-0.25, -0.2) is 4.68 Å². The minimum absolute atomic E-state index is 0.203. The van der Waals surface area contributed by atoms with Crippen LogP contribution in [0.15, 0.2) is 60.4 Å². The predicted octanol–water partition coefficient (Wildman–Crippen LogP) is 4.15. The van der Waals surface area contributed by atoms with Gasteiger partial charge in [0.15, 0.2) is 0 Å². The summed E-state index contributed by atoms with van der Waals surface area (Å²) in [4.78, 5) is 17.9. The van der Waals surface area contributed by atoms with Crippen molar-refractivity contribution in [3.8, 4) is 16.3 Å². The zero-order chi connectivity index (χ0) is 21.3. The highest BCUT2D eigenvalue weighted by atomic mass is 32.1. The molecular weight excluding hydrogens is 396 g/mol. The third-order valence-electron chi connectivity index (χ3n) is 4.76. The highest BCUT2D eigenvalue weighted by Crippen LogP contribution is 2.24. The van der Waals surface area contributed by atoms with E-state index in [-0.39, 0.29) is 5.91 Å². The first-order valence-corrected chi connectivity index (χ1v) is 10.3. The Morgan fingerprint density at radius 3 is 2.77 bits per heavy atom. The molecule has 3 N–H and O–H groups in total. The van der Waals surface area contributed by atoms with E-state index in [2.05, 4.69) is 20.6 Å². The zero-order valence-electron chi connectivity index (χ0n) is 17.0. The molecule has 0 radical (unpaired) electrons. The van der Waals surface area contributed by atoms with Crippen LogP contribution in [-0.4, -0.2) is 25.9 Å². The lowest BCUT2D eigenvalue weighted by molar-refractivity contribution is 0.102. The largest absolute Gasteiger partial charge is 0.322 e. The number of nitrogens with zero attached hydrogens (tertiary/aromatic N) is 4. The third kappa shape index (κ3) is 4.14. The molecule has 4 rings (SSSR count). The monoisotopic (exact) mass is 418 g/mol. The highest BCUT2D eigenvalue weighted by Gasteiger charge is 2.16. The van der Waals surface area contributed by atoms with Crippen molar-refractivity contribution in [1.82, 2.24) is 20.0 Å². The van der Waals surface area contributed by atoms with Crippen LogP contribution in [0.5, 0.6) is 0 Å². The molecule has 0 unspecified atom stereocenters. The molecule has 7 nitrogen and oxygen atoms in total. The second kappa shape index (κ2) is 7.81. The van der Waals surface area contributed by atoms with Crippen LogP contribution >= 0.6 is 11.3 Å². The summed E-state index contributed by atoms with van der Waals surface area (Å²) in [6.07, 6.45) is 3.59. The molecule has 2 heterocycles. The molecule has 152 valence electrons. The molecule has 0 aliphatic carbocycles. The van der Waals surface area contributed by atoms with Crippen LogP contribution < -0.4 is 11.1 Å². The summed E-state index contributed by atoms with van der Waals surface area (Å²) in [5.41, 5.74) is 12.1. The van der Waals surface area contributed by atoms with Crippen LogP contribution in [0.4, 0.5) is 5.69 Å².